The third-order valence-corrected chi connectivity index (χ3v) is 4.70. The first-order valence-electron chi connectivity index (χ1n) is 7.35. The molecule has 0 radical (unpaired) electrons. The Labute approximate surface area is 134 Å². The quantitative estimate of drug-likeness (QED) is 0.843. The lowest BCUT2D eigenvalue weighted by molar-refractivity contribution is -0.153. The molecule has 1 heterocycles. The average molecular weight is 356 g/mol. The lowest BCUT2D eigenvalue weighted by atomic mass is 9.89. The molecule has 0 spiro atoms. The number of benzene rings is 1. The molecule has 1 unspecified atom stereocenters. The molecule has 1 N–H and O–H groups in total. The number of ether oxygens (including phenoxy) is 1. The third kappa shape index (κ3) is 4.05. The monoisotopic (exact) mass is 355 g/mol. The SMILES string of the molecule is CCOC(=O)C(O)c1ccc(C2CCN(C)CC2)c(Br)c1. The van der Waals surface area contributed by atoms with Crippen molar-refractivity contribution in [3.05, 3.63) is 33.8 Å². The number of hydrogen-bond acceptors (Lipinski definition) is 4. The van der Waals surface area contributed by atoms with Gasteiger partial charge < -0.3 is 14.7 Å². The molecule has 1 aromatic rings. The molecule has 0 aromatic heterocycles. The summed E-state index contributed by atoms with van der Waals surface area (Å²) in [6.07, 6.45) is 1.05. The Morgan fingerprint density at radius 2 is 2.14 bits per heavy atom. The number of nitrogens with zero attached hydrogens (tertiary/aromatic N) is 1. The molecule has 1 fully saturated rings. The lowest BCUT2D eigenvalue weighted by Gasteiger charge is -2.30. The van der Waals surface area contributed by atoms with E-state index in [9.17, 15) is 9.90 Å². The van der Waals surface area contributed by atoms with Crippen LogP contribution in [0.4, 0.5) is 0 Å². The number of rotatable bonds is 4. The van der Waals surface area contributed by atoms with E-state index in [4.69, 9.17) is 4.74 Å². The van der Waals surface area contributed by atoms with E-state index < -0.39 is 12.1 Å². The smallest absolute Gasteiger partial charge is 0.339 e. The van der Waals surface area contributed by atoms with Gasteiger partial charge in [0.15, 0.2) is 6.10 Å². The normalized spacial score (nSPS) is 18.5. The van der Waals surface area contributed by atoms with Crippen molar-refractivity contribution in [1.82, 2.24) is 4.90 Å². The maximum absolute atomic E-state index is 11.6. The zero-order valence-corrected chi connectivity index (χ0v) is 14.1. The van der Waals surface area contributed by atoms with Crippen LogP contribution < -0.4 is 0 Å². The number of hydrogen-bond donors (Lipinski definition) is 1. The second-order valence-corrected chi connectivity index (χ2v) is 6.37. The van der Waals surface area contributed by atoms with Crippen LogP contribution in [0.15, 0.2) is 22.7 Å². The van der Waals surface area contributed by atoms with Gasteiger partial charge in [-0.05, 0) is 63.0 Å². The molecule has 4 nitrogen and oxygen atoms in total. The molecule has 1 atom stereocenters. The van der Waals surface area contributed by atoms with Crippen LogP contribution in [0.5, 0.6) is 0 Å². The molecule has 0 saturated carbocycles. The number of esters is 1. The number of halogens is 1. The van der Waals surface area contributed by atoms with E-state index in [1.165, 1.54) is 5.56 Å². The second kappa shape index (κ2) is 7.38. The van der Waals surface area contributed by atoms with Crippen LogP contribution in [-0.4, -0.2) is 42.7 Å². The van der Waals surface area contributed by atoms with Gasteiger partial charge in [0.25, 0.3) is 0 Å². The van der Waals surface area contributed by atoms with Crippen LogP contribution in [0.2, 0.25) is 0 Å². The van der Waals surface area contributed by atoms with E-state index in [0.717, 1.165) is 30.4 Å². The molecule has 0 bridgehead atoms. The first-order valence-corrected chi connectivity index (χ1v) is 8.14. The number of aliphatic hydroxyl groups is 1. The zero-order valence-electron chi connectivity index (χ0n) is 12.5. The highest BCUT2D eigenvalue weighted by Crippen LogP contribution is 2.34. The Morgan fingerprint density at radius 1 is 1.48 bits per heavy atom. The van der Waals surface area contributed by atoms with Crippen LogP contribution >= 0.6 is 15.9 Å². The number of piperidine rings is 1. The van der Waals surface area contributed by atoms with E-state index >= 15 is 0 Å². The van der Waals surface area contributed by atoms with E-state index in [1.807, 2.05) is 18.2 Å². The summed E-state index contributed by atoms with van der Waals surface area (Å²) in [5, 5.41) is 9.98. The van der Waals surface area contributed by atoms with Crippen molar-refractivity contribution in [3.8, 4) is 0 Å². The standard InChI is InChI=1S/C16H22BrNO3/c1-3-21-16(20)15(19)12-4-5-13(14(17)10-12)11-6-8-18(2)9-7-11/h4-5,10-11,15,19H,3,6-9H2,1-2H3. The van der Waals surface area contributed by atoms with Crippen molar-refractivity contribution in [2.45, 2.75) is 31.8 Å². The van der Waals surface area contributed by atoms with Gasteiger partial charge in [-0.2, -0.15) is 0 Å². The lowest BCUT2D eigenvalue weighted by Crippen LogP contribution is -2.29. The summed E-state index contributed by atoms with van der Waals surface area (Å²) in [5.41, 5.74) is 1.82. The van der Waals surface area contributed by atoms with Crippen LogP contribution in [0.25, 0.3) is 0 Å². The Morgan fingerprint density at radius 3 is 2.71 bits per heavy atom. The molecule has 1 saturated heterocycles. The van der Waals surface area contributed by atoms with Crippen molar-refractivity contribution >= 4 is 21.9 Å². The first-order chi connectivity index (χ1) is 10.0. The fourth-order valence-corrected chi connectivity index (χ4v) is 3.44. The highest BCUT2D eigenvalue weighted by atomic mass is 79.9. The second-order valence-electron chi connectivity index (χ2n) is 5.51. The van der Waals surface area contributed by atoms with Gasteiger partial charge in [0.2, 0.25) is 0 Å². The van der Waals surface area contributed by atoms with Crippen molar-refractivity contribution in [3.63, 3.8) is 0 Å². The van der Waals surface area contributed by atoms with Crippen molar-refractivity contribution in [2.75, 3.05) is 26.7 Å². The molecule has 0 aliphatic carbocycles. The minimum absolute atomic E-state index is 0.269. The van der Waals surface area contributed by atoms with E-state index in [1.54, 1.807) is 6.92 Å². The minimum atomic E-state index is -1.22. The van der Waals surface area contributed by atoms with Gasteiger partial charge in [-0.15, -0.1) is 0 Å². The summed E-state index contributed by atoms with van der Waals surface area (Å²) in [4.78, 5) is 13.9. The predicted octanol–water partition coefficient (Wildman–Crippen LogP) is 2.85. The summed E-state index contributed by atoms with van der Waals surface area (Å²) in [6, 6.07) is 5.66. The maximum atomic E-state index is 11.6. The van der Waals surface area contributed by atoms with E-state index in [0.29, 0.717) is 11.5 Å². The van der Waals surface area contributed by atoms with Crippen molar-refractivity contribution in [2.24, 2.45) is 0 Å². The first kappa shape index (κ1) is 16.5. The van der Waals surface area contributed by atoms with Gasteiger partial charge in [0, 0.05) is 4.47 Å². The fourth-order valence-electron chi connectivity index (χ4n) is 2.72. The molecular formula is C16H22BrNO3. The largest absolute Gasteiger partial charge is 0.464 e. The van der Waals surface area contributed by atoms with E-state index in [2.05, 4.69) is 27.9 Å². The fraction of sp³-hybridized carbons (Fsp3) is 0.562. The van der Waals surface area contributed by atoms with Crippen molar-refractivity contribution in [1.29, 1.82) is 0 Å². The average Bonchev–Trinajstić information content (AvgIpc) is 2.48. The minimum Gasteiger partial charge on any atom is -0.464 e. The Balaban J connectivity index is 2.12. The number of carbonyl (C=O) groups is 1. The molecule has 5 heteroatoms. The van der Waals surface area contributed by atoms with Crippen LogP contribution in [-0.2, 0) is 9.53 Å². The molecule has 1 aromatic carbocycles. The molecule has 0 amide bonds. The van der Waals surface area contributed by atoms with Crippen LogP contribution in [0.1, 0.15) is 42.9 Å². The predicted molar refractivity (Wildman–Crippen MR) is 85.2 cm³/mol. The van der Waals surface area contributed by atoms with Gasteiger partial charge >= 0.3 is 5.97 Å². The van der Waals surface area contributed by atoms with Gasteiger partial charge in [0.1, 0.15) is 0 Å². The maximum Gasteiger partial charge on any atom is 0.339 e. The van der Waals surface area contributed by atoms with Gasteiger partial charge in [-0.1, -0.05) is 28.1 Å². The zero-order chi connectivity index (χ0) is 15.4. The van der Waals surface area contributed by atoms with Gasteiger partial charge in [0.05, 0.1) is 6.61 Å². The molecule has 116 valence electrons. The highest BCUT2D eigenvalue weighted by Gasteiger charge is 2.23. The third-order valence-electron chi connectivity index (χ3n) is 4.01. The van der Waals surface area contributed by atoms with Crippen LogP contribution in [0.3, 0.4) is 0 Å². The summed E-state index contributed by atoms with van der Waals surface area (Å²) in [6.45, 7) is 4.20. The Bertz CT molecular complexity index is 498. The number of aliphatic hydroxyl groups excluding tert-OH is 1. The molecule has 2 rings (SSSR count). The van der Waals surface area contributed by atoms with Gasteiger partial charge in [-0.3, -0.25) is 0 Å². The van der Waals surface area contributed by atoms with Crippen molar-refractivity contribution < 1.29 is 14.6 Å². The van der Waals surface area contributed by atoms with E-state index in [-0.39, 0.29) is 6.61 Å². The molecular weight excluding hydrogens is 334 g/mol. The Kier molecular flexibility index (Phi) is 5.79. The highest BCUT2D eigenvalue weighted by molar-refractivity contribution is 9.10. The number of likely N-dealkylation sites (tertiary alicyclic amines) is 1. The Hall–Kier alpha value is -0.910. The summed E-state index contributed by atoms with van der Waals surface area (Å²) in [7, 11) is 2.14. The molecule has 21 heavy (non-hydrogen) atoms. The molecule has 1 aliphatic heterocycles. The summed E-state index contributed by atoms with van der Waals surface area (Å²) >= 11 is 3.58. The summed E-state index contributed by atoms with van der Waals surface area (Å²) in [5.74, 6) is -0.0687. The van der Waals surface area contributed by atoms with Crippen LogP contribution in [0, 0.1) is 0 Å². The topological polar surface area (TPSA) is 49.8 Å². The number of carbonyl (C=O) groups excluding carboxylic acids is 1. The summed E-state index contributed by atoms with van der Waals surface area (Å²) < 4.78 is 5.80. The van der Waals surface area contributed by atoms with Gasteiger partial charge in [-0.25, -0.2) is 4.79 Å². The molecule has 1 aliphatic rings.